The van der Waals surface area contributed by atoms with Crippen LogP contribution in [0.1, 0.15) is 38.7 Å². The molecule has 0 unspecified atom stereocenters. The van der Waals surface area contributed by atoms with Gasteiger partial charge in [-0.2, -0.15) is 0 Å². The standard InChI is InChI=1S/C20H30Cl2N4O.HI/c1-14(2)19(27)26-11-8-17(9-12-26)25-20(23-3)24-10-4-5-15-6-7-16(21)13-18(15)22;/h6-7,13-14,17H,4-5,8-12H2,1-3H3,(H2,23,24,25);1H. The maximum absolute atomic E-state index is 12.1. The van der Waals surface area contributed by atoms with Crippen LogP contribution in [0.3, 0.4) is 0 Å². The number of benzene rings is 1. The van der Waals surface area contributed by atoms with Gasteiger partial charge in [0.05, 0.1) is 0 Å². The van der Waals surface area contributed by atoms with Crippen LogP contribution in [0.15, 0.2) is 23.2 Å². The molecular formula is C20H31Cl2IN4O. The van der Waals surface area contributed by atoms with Gasteiger partial charge in [-0.3, -0.25) is 9.79 Å². The van der Waals surface area contributed by atoms with E-state index in [4.69, 9.17) is 23.2 Å². The van der Waals surface area contributed by atoms with Gasteiger partial charge in [0.15, 0.2) is 5.96 Å². The summed E-state index contributed by atoms with van der Waals surface area (Å²) < 4.78 is 0. The molecule has 0 aromatic heterocycles. The van der Waals surface area contributed by atoms with Crippen LogP contribution in [0.2, 0.25) is 10.0 Å². The number of piperidine rings is 1. The van der Waals surface area contributed by atoms with Gasteiger partial charge in [-0.15, -0.1) is 24.0 Å². The minimum Gasteiger partial charge on any atom is -0.356 e. The van der Waals surface area contributed by atoms with Gasteiger partial charge in [-0.05, 0) is 43.4 Å². The summed E-state index contributed by atoms with van der Waals surface area (Å²) in [6.07, 6.45) is 3.72. The number of rotatable bonds is 6. The molecule has 0 spiro atoms. The van der Waals surface area contributed by atoms with Crippen molar-refractivity contribution in [1.29, 1.82) is 0 Å². The number of guanidine groups is 1. The third-order valence-electron chi connectivity index (χ3n) is 4.80. The summed E-state index contributed by atoms with van der Waals surface area (Å²) in [4.78, 5) is 18.3. The fourth-order valence-electron chi connectivity index (χ4n) is 3.21. The van der Waals surface area contributed by atoms with E-state index in [0.29, 0.717) is 16.1 Å². The molecule has 5 nitrogen and oxygen atoms in total. The number of hydrogen-bond donors (Lipinski definition) is 2. The number of amides is 1. The van der Waals surface area contributed by atoms with Gasteiger partial charge in [0.1, 0.15) is 0 Å². The predicted molar refractivity (Wildman–Crippen MR) is 129 cm³/mol. The topological polar surface area (TPSA) is 56.7 Å². The van der Waals surface area contributed by atoms with Crippen molar-refractivity contribution in [3.05, 3.63) is 33.8 Å². The molecule has 1 amide bonds. The van der Waals surface area contributed by atoms with Gasteiger partial charge in [0.2, 0.25) is 5.91 Å². The van der Waals surface area contributed by atoms with Gasteiger partial charge >= 0.3 is 0 Å². The average Bonchev–Trinajstić information content (AvgIpc) is 2.65. The number of hydrogen-bond acceptors (Lipinski definition) is 2. The normalized spacial score (nSPS) is 15.4. The molecule has 2 rings (SSSR count). The Hall–Kier alpha value is -0.730. The highest BCUT2D eigenvalue weighted by atomic mass is 127. The summed E-state index contributed by atoms with van der Waals surface area (Å²) in [5.74, 6) is 1.13. The third-order valence-corrected chi connectivity index (χ3v) is 5.38. The van der Waals surface area contributed by atoms with Crippen LogP contribution >= 0.6 is 47.2 Å². The van der Waals surface area contributed by atoms with Gasteiger partial charge in [-0.25, -0.2) is 0 Å². The summed E-state index contributed by atoms with van der Waals surface area (Å²) in [5.41, 5.74) is 1.10. The molecule has 1 saturated heterocycles. The lowest BCUT2D eigenvalue weighted by Crippen LogP contribution is -2.50. The Balaban J connectivity index is 0.00000392. The van der Waals surface area contributed by atoms with Gasteiger partial charge in [0, 0.05) is 48.7 Å². The smallest absolute Gasteiger partial charge is 0.225 e. The monoisotopic (exact) mass is 540 g/mol. The van der Waals surface area contributed by atoms with Crippen LogP contribution in [0.4, 0.5) is 0 Å². The van der Waals surface area contributed by atoms with E-state index in [2.05, 4.69) is 15.6 Å². The number of aryl methyl sites for hydroxylation is 1. The zero-order valence-electron chi connectivity index (χ0n) is 16.8. The summed E-state index contributed by atoms with van der Waals surface area (Å²) in [5, 5.41) is 8.20. The molecule has 1 aliphatic heterocycles. The number of likely N-dealkylation sites (tertiary alicyclic amines) is 1. The predicted octanol–water partition coefficient (Wildman–Crippen LogP) is 4.36. The Kier molecular flexibility index (Phi) is 11.5. The summed E-state index contributed by atoms with van der Waals surface area (Å²) in [6.45, 7) is 6.33. The SMILES string of the molecule is CN=C(NCCCc1ccc(Cl)cc1Cl)NC1CCN(C(=O)C(C)C)CC1.I. The second kappa shape index (κ2) is 12.8. The molecular weight excluding hydrogens is 510 g/mol. The third kappa shape index (κ3) is 7.95. The summed E-state index contributed by atoms with van der Waals surface area (Å²) in [7, 11) is 1.78. The fraction of sp³-hybridized carbons (Fsp3) is 0.600. The Morgan fingerprint density at radius 3 is 2.54 bits per heavy atom. The maximum atomic E-state index is 12.1. The number of halogens is 3. The van der Waals surface area contributed by atoms with Crippen molar-refractivity contribution >= 4 is 59.0 Å². The van der Waals surface area contributed by atoms with Gasteiger partial charge in [-0.1, -0.05) is 43.1 Å². The molecule has 2 N–H and O–H groups in total. The number of carbonyl (C=O) groups is 1. The molecule has 0 bridgehead atoms. The van der Waals surface area contributed by atoms with Crippen LogP contribution < -0.4 is 10.6 Å². The van der Waals surface area contributed by atoms with Crippen LogP contribution in [-0.4, -0.2) is 49.5 Å². The van der Waals surface area contributed by atoms with Crippen LogP contribution in [0.5, 0.6) is 0 Å². The van der Waals surface area contributed by atoms with Crippen molar-refractivity contribution in [2.75, 3.05) is 26.7 Å². The highest BCUT2D eigenvalue weighted by Gasteiger charge is 2.24. The van der Waals surface area contributed by atoms with E-state index in [1.165, 1.54) is 0 Å². The van der Waals surface area contributed by atoms with Gasteiger partial charge in [0.25, 0.3) is 0 Å². The van der Waals surface area contributed by atoms with Crippen molar-refractivity contribution < 1.29 is 4.79 Å². The second-order valence-electron chi connectivity index (χ2n) is 7.24. The first kappa shape index (κ1) is 25.3. The highest BCUT2D eigenvalue weighted by molar-refractivity contribution is 14.0. The van der Waals surface area contributed by atoms with Crippen molar-refractivity contribution in [3.63, 3.8) is 0 Å². The van der Waals surface area contributed by atoms with Crippen molar-refractivity contribution in [2.45, 2.75) is 45.6 Å². The highest BCUT2D eigenvalue weighted by Crippen LogP contribution is 2.21. The lowest BCUT2D eigenvalue weighted by Gasteiger charge is -2.34. The summed E-state index contributed by atoms with van der Waals surface area (Å²) >= 11 is 12.1. The van der Waals surface area contributed by atoms with Crippen LogP contribution in [0, 0.1) is 5.92 Å². The molecule has 1 aromatic carbocycles. The largest absolute Gasteiger partial charge is 0.356 e. The molecule has 0 atom stereocenters. The lowest BCUT2D eigenvalue weighted by molar-refractivity contribution is -0.135. The quantitative estimate of drug-likeness (QED) is 0.244. The van der Waals surface area contributed by atoms with Crippen LogP contribution in [0.25, 0.3) is 0 Å². The zero-order valence-corrected chi connectivity index (χ0v) is 20.6. The second-order valence-corrected chi connectivity index (χ2v) is 8.08. The van der Waals surface area contributed by atoms with E-state index in [0.717, 1.165) is 56.8 Å². The maximum Gasteiger partial charge on any atom is 0.225 e. The molecule has 158 valence electrons. The molecule has 28 heavy (non-hydrogen) atoms. The Bertz CT molecular complexity index is 662. The number of carbonyl (C=O) groups excluding carboxylic acids is 1. The first-order valence-corrected chi connectivity index (χ1v) is 10.4. The zero-order chi connectivity index (χ0) is 19.8. The molecule has 1 aromatic rings. The number of nitrogens with zero attached hydrogens (tertiary/aromatic N) is 2. The molecule has 1 heterocycles. The molecule has 1 aliphatic rings. The first-order chi connectivity index (χ1) is 12.9. The van der Waals surface area contributed by atoms with Gasteiger partial charge < -0.3 is 15.5 Å². The van der Waals surface area contributed by atoms with E-state index in [1.807, 2.05) is 30.9 Å². The molecule has 0 radical (unpaired) electrons. The fourth-order valence-corrected chi connectivity index (χ4v) is 3.71. The molecule has 0 saturated carbocycles. The Morgan fingerprint density at radius 2 is 1.96 bits per heavy atom. The Morgan fingerprint density at radius 1 is 1.29 bits per heavy atom. The number of aliphatic imine (C=N–C) groups is 1. The van der Waals surface area contributed by atoms with E-state index < -0.39 is 0 Å². The minimum atomic E-state index is 0. The average molecular weight is 541 g/mol. The van der Waals surface area contributed by atoms with E-state index >= 15 is 0 Å². The minimum absolute atomic E-state index is 0. The first-order valence-electron chi connectivity index (χ1n) is 9.60. The van der Waals surface area contributed by atoms with E-state index in [1.54, 1.807) is 13.1 Å². The molecule has 0 aliphatic carbocycles. The molecule has 1 fully saturated rings. The van der Waals surface area contributed by atoms with E-state index in [9.17, 15) is 4.79 Å². The van der Waals surface area contributed by atoms with E-state index in [-0.39, 0.29) is 35.8 Å². The van der Waals surface area contributed by atoms with Crippen molar-refractivity contribution in [1.82, 2.24) is 15.5 Å². The Labute approximate surface area is 195 Å². The lowest BCUT2D eigenvalue weighted by atomic mass is 10.0. The summed E-state index contributed by atoms with van der Waals surface area (Å²) in [6, 6.07) is 5.97. The van der Waals surface area contributed by atoms with Crippen LogP contribution in [-0.2, 0) is 11.2 Å². The molecule has 8 heteroatoms. The number of nitrogens with one attached hydrogen (secondary N) is 2. The van der Waals surface area contributed by atoms with Crippen molar-refractivity contribution in [3.8, 4) is 0 Å². The van der Waals surface area contributed by atoms with Crippen molar-refractivity contribution in [2.24, 2.45) is 10.9 Å².